The lowest BCUT2D eigenvalue weighted by Crippen LogP contribution is -2.33. The van der Waals surface area contributed by atoms with Crippen molar-refractivity contribution >= 4 is 5.57 Å². The van der Waals surface area contributed by atoms with Crippen molar-refractivity contribution < 1.29 is 4.39 Å². The van der Waals surface area contributed by atoms with Crippen LogP contribution in [-0.4, -0.2) is 0 Å². The fourth-order valence-electron chi connectivity index (χ4n) is 4.32. The van der Waals surface area contributed by atoms with Crippen LogP contribution >= 0.6 is 0 Å². The van der Waals surface area contributed by atoms with Gasteiger partial charge in [-0.1, -0.05) is 76.3 Å². The highest BCUT2D eigenvalue weighted by molar-refractivity contribution is 5.73. The quantitative estimate of drug-likeness (QED) is 0.468. The van der Waals surface area contributed by atoms with E-state index in [0.29, 0.717) is 0 Å². The Morgan fingerprint density at radius 2 is 1.68 bits per heavy atom. The van der Waals surface area contributed by atoms with Crippen molar-refractivity contribution in [1.29, 1.82) is 0 Å². The molecule has 0 fully saturated rings. The van der Waals surface area contributed by atoms with E-state index in [4.69, 9.17) is 0 Å². The first kappa shape index (κ1) is 20.6. The van der Waals surface area contributed by atoms with Crippen LogP contribution in [0.4, 0.5) is 4.39 Å². The van der Waals surface area contributed by atoms with Gasteiger partial charge in [-0.25, -0.2) is 4.39 Å². The number of hydrogen-bond acceptors (Lipinski definition) is 0. The molecule has 0 nitrogen and oxygen atoms in total. The lowest BCUT2D eigenvalue weighted by atomic mass is 9.63. The van der Waals surface area contributed by atoms with Crippen LogP contribution in [-0.2, 0) is 17.3 Å². The summed E-state index contributed by atoms with van der Waals surface area (Å²) in [7, 11) is 0. The molecular formula is C27H33F. The molecule has 0 bridgehead atoms. The van der Waals surface area contributed by atoms with Crippen molar-refractivity contribution in [2.45, 2.75) is 71.1 Å². The molecule has 0 aliphatic heterocycles. The Morgan fingerprint density at radius 1 is 0.964 bits per heavy atom. The molecule has 0 atom stereocenters. The number of allylic oxidation sites excluding steroid dienone is 4. The van der Waals surface area contributed by atoms with Gasteiger partial charge in [0, 0.05) is 0 Å². The average Bonchev–Trinajstić information content (AvgIpc) is 2.65. The standard InChI is InChI=1S/C27H33F/c1-6-9-21(22-12-8-13-23(28)19-22)11-7-10-20-14-15-24-25(18-20)27(4,5)17-16-26(24,2)3/h6,8-9,11-15,18-19H,7,10,16-17H2,1-5H3/b9-6?,21-11-. The summed E-state index contributed by atoms with van der Waals surface area (Å²) < 4.78 is 13.6. The van der Waals surface area contributed by atoms with Gasteiger partial charge in [0.15, 0.2) is 0 Å². The van der Waals surface area contributed by atoms with Crippen LogP contribution in [0.5, 0.6) is 0 Å². The van der Waals surface area contributed by atoms with Gasteiger partial charge in [-0.3, -0.25) is 0 Å². The van der Waals surface area contributed by atoms with Gasteiger partial charge < -0.3 is 0 Å². The van der Waals surface area contributed by atoms with Crippen LogP contribution in [0, 0.1) is 5.82 Å². The van der Waals surface area contributed by atoms with Crippen LogP contribution in [0.2, 0.25) is 0 Å². The van der Waals surface area contributed by atoms with Crippen LogP contribution in [0.3, 0.4) is 0 Å². The Morgan fingerprint density at radius 3 is 2.36 bits per heavy atom. The summed E-state index contributed by atoms with van der Waals surface area (Å²) in [6, 6.07) is 13.9. The second-order valence-electron chi connectivity index (χ2n) is 9.36. The predicted molar refractivity (Wildman–Crippen MR) is 119 cm³/mol. The molecule has 2 aromatic carbocycles. The van der Waals surface area contributed by atoms with E-state index < -0.39 is 0 Å². The van der Waals surface area contributed by atoms with Crippen LogP contribution in [0.15, 0.2) is 60.7 Å². The molecule has 0 saturated carbocycles. The molecule has 0 unspecified atom stereocenters. The maximum atomic E-state index is 13.6. The van der Waals surface area contributed by atoms with Crippen LogP contribution < -0.4 is 0 Å². The normalized spacial score (nSPS) is 18.3. The summed E-state index contributed by atoms with van der Waals surface area (Å²) in [5, 5.41) is 0. The van der Waals surface area contributed by atoms with E-state index in [1.54, 1.807) is 12.1 Å². The first-order valence-electron chi connectivity index (χ1n) is 10.5. The van der Waals surface area contributed by atoms with E-state index in [-0.39, 0.29) is 16.6 Å². The van der Waals surface area contributed by atoms with Crippen molar-refractivity contribution in [2.24, 2.45) is 0 Å². The van der Waals surface area contributed by atoms with Crippen molar-refractivity contribution in [3.63, 3.8) is 0 Å². The Labute approximate surface area is 170 Å². The number of halogens is 1. The van der Waals surface area contributed by atoms with Gasteiger partial charge >= 0.3 is 0 Å². The zero-order valence-corrected chi connectivity index (χ0v) is 18.0. The predicted octanol–water partition coefficient (Wildman–Crippen LogP) is 7.77. The molecule has 2 aromatic rings. The van der Waals surface area contributed by atoms with Gasteiger partial charge in [-0.2, -0.15) is 0 Å². The third-order valence-electron chi connectivity index (χ3n) is 6.22. The van der Waals surface area contributed by atoms with Crippen molar-refractivity contribution in [3.8, 4) is 0 Å². The molecule has 28 heavy (non-hydrogen) atoms. The number of benzene rings is 2. The Bertz CT molecular complexity index is 896. The minimum Gasteiger partial charge on any atom is -0.207 e. The van der Waals surface area contributed by atoms with E-state index in [1.807, 2.05) is 19.1 Å². The van der Waals surface area contributed by atoms with Gasteiger partial charge in [-0.15, -0.1) is 0 Å². The summed E-state index contributed by atoms with van der Waals surface area (Å²) in [4.78, 5) is 0. The third kappa shape index (κ3) is 4.46. The first-order chi connectivity index (χ1) is 13.2. The smallest absolute Gasteiger partial charge is 0.123 e. The molecule has 1 heteroatoms. The van der Waals surface area contributed by atoms with Gasteiger partial charge in [0.2, 0.25) is 0 Å². The molecule has 0 N–H and O–H groups in total. The van der Waals surface area contributed by atoms with Crippen molar-refractivity contribution in [2.75, 3.05) is 0 Å². The molecule has 0 heterocycles. The molecule has 0 amide bonds. The fourth-order valence-corrected chi connectivity index (χ4v) is 4.32. The summed E-state index contributed by atoms with van der Waals surface area (Å²) in [6.45, 7) is 11.5. The van der Waals surface area contributed by atoms with Gasteiger partial charge in [0.1, 0.15) is 5.82 Å². The second-order valence-corrected chi connectivity index (χ2v) is 9.36. The van der Waals surface area contributed by atoms with E-state index in [9.17, 15) is 4.39 Å². The summed E-state index contributed by atoms with van der Waals surface area (Å²) in [6.07, 6.45) is 10.7. The lowest BCUT2D eigenvalue weighted by Gasteiger charge is -2.42. The van der Waals surface area contributed by atoms with Crippen molar-refractivity contribution in [3.05, 3.63) is 88.8 Å². The number of aryl methyl sites for hydroxylation is 1. The highest BCUT2D eigenvalue weighted by Gasteiger charge is 2.36. The Balaban J connectivity index is 1.82. The number of rotatable bonds is 5. The summed E-state index contributed by atoms with van der Waals surface area (Å²) >= 11 is 0. The van der Waals surface area contributed by atoms with Gasteiger partial charge in [0.25, 0.3) is 0 Å². The zero-order valence-electron chi connectivity index (χ0n) is 18.0. The van der Waals surface area contributed by atoms with E-state index in [2.05, 4.69) is 58.0 Å². The van der Waals surface area contributed by atoms with Crippen molar-refractivity contribution in [1.82, 2.24) is 0 Å². The maximum Gasteiger partial charge on any atom is 0.123 e. The third-order valence-corrected chi connectivity index (χ3v) is 6.22. The summed E-state index contributed by atoms with van der Waals surface area (Å²) in [5.74, 6) is -0.188. The van der Waals surface area contributed by atoms with Crippen LogP contribution in [0.1, 0.15) is 76.1 Å². The molecule has 148 valence electrons. The molecule has 1 aliphatic carbocycles. The lowest BCUT2D eigenvalue weighted by molar-refractivity contribution is 0.331. The maximum absolute atomic E-state index is 13.6. The van der Waals surface area contributed by atoms with Gasteiger partial charge in [-0.05, 0) is 83.4 Å². The minimum atomic E-state index is -0.188. The second kappa shape index (κ2) is 8.07. The molecular weight excluding hydrogens is 343 g/mol. The Hall–Kier alpha value is -2.15. The average molecular weight is 377 g/mol. The Kier molecular flexibility index (Phi) is 5.93. The topological polar surface area (TPSA) is 0 Å². The largest absolute Gasteiger partial charge is 0.207 e. The molecule has 0 saturated heterocycles. The highest BCUT2D eigenvalue weighted by Crippen LogP contribution is 2.45. The van der Waals surface area contributed by atoms with Crippen LogP contribution in [0.25, 0.3) is 5.57 Å². The van der Waals surface area contributed by atoms with Gasteiger partial charge in [0.05, 0.1) is 0 Å². The highest BCUT2D eigenvalue weighted by atomic mass is 19.1. The SMILES string of the molecule is CC=C/C(=C/CCc1ccc2c(c1)C(C)(C)CCC2(C)C)c1cccc(F)c1. The zero-order chi connectivity index (χ0) is 20.4. The monoisotopic (exact) mass is 376 g/mol. The fraction of sp³-hybridized carbons (Fsp3) is 0.407. The number of hydrogen-bond donors (Lipinski definition) is 0. The molecule has 0 radical (unpaired) electrons. The van der Waals surface area contributed by atoms with E-state index in [1.165, 1.54) is 35.6 Å². The minimum absolute atomic E-state index is 0.188. The van der Waals surface area contributed by atoms with E-state index in [0.717, 1.165) is 24.0 Å². The summed E-state index contributed by atoms with van der Waals surface area (Å²) in [5.41, 5.74) is 6.95. The number of fused-ring (bicyclic) bond motifs is 1. The molecule has 0 aromatic heterocycles. The molecule has 0 spiro atoms. The molecule has 3 rings (SSSR count). The molecule has 1 aliphatic rings. The van der Waals surface area contributed by atoms with E-state index >= 15 is 0 Å². The first-order valence-corrected chi connectivity index (χ1v) is 10.5.